The van der Waals surface area contributed by atoms with E-state index in [4.69, 9.17) is 16.3 Å². The minimum Gasteiger partial charge on any atom is -0.476 e. The summed E-state index contributed by atoms with van der Waals surface area (Å²) in [5.74, 6) is -0.497. The van der Waals surface area contributed by atoms with Crippen molar-refractivity contribution in [3.8, 4) is 5.75 Å². The quantitative estimate of drug-likeness (QED) is 0.570. The monoisotopic (exact) mass is 485 g/mol. The predicted molar refractivity (Wildman–Crippen MR) is 126 cm³/mol. The van der Waals surface area contributed by atoms with Gasteiger partial charge in [-0.3, -0.25) is 13.9 Å². The van der Waals surface area contributed by atoms with Gasteiger partial charge in [-0.1, -0.05) is 29.8 Å². The molecule has 170 valence electrons. The molecule has 3 aromatic rings. The SMILES string of the molecule is CC(=O)Nc1cccc(NC(=O)[C@@H]2CN(S(=O)(=O)c3ccc(Cl)cc3)c3ccccc3O2)c1. The summed E-state index contributed by atoms with van der Waals surface area (Å²) in [5, 5.41) is 5.77. The Bertz CT molecular complexity index is 1310. The van der Waals surface area contributed by atoms with Crippen molar-refractivity contribution in [2.75, 3.05) is 21.5 Å². The number of fused-ring (bicyclic) bond motifs is 1. The van der Waals surface area contributed by atoms with Crippen LogP contribution in [0.3, 0.4) is 0 Å². The second-order valence-electron chi connectivity index (χ2n) is 7.32. The summed E-state index contributed by atoms with van der Waals surface area (Å²) < 4.78 is 33.8. The lowest BCUT2D eigenvalue weighted by atomic mass is 10.2. The molecular formula is C23H20ClN3O5S. The van der Waals surface area contributed by atoms with E-state index >= 15 is 0 Å². The second-order valence-corrected chi connectivity index (χ2v) is 9.61. The van der Waals surface area contributed by atoms with Crippen LogP contribution in [0.4, 0.5) is 17.1 Å². The fourth-order valence-electron chi connectivity index (χ4n) is 3.40. The summed E-state index contributed by atoms with van der Waals surface area (Å²) in [4.78, 5) is 24.3. The van der Waals surface area contributed by atoms with Gasteiger partial charge in [0.15, 0.2) is 6.10 Å². The van der Waals surface area contributed by atoms with Gasteiger partial charge in [0.25, 0.3) is 15.9 Å². The van der Waals surface area contributed by atoms with Gasteiger partial charge in [0.05, 0.1) is 17.1 Å². The number of benzene rings is 3. The average molecular weight is 486 g/mol. The standard InChI is InChI=1S/C23H20ClN3O5S/c1-15(28)25-17-5-4-6-18(13-17)26-23(29)22-14-27(20-7-2-3-8-21(20)32-22)33(30,31)19-11-9-16(24)10-12-19/h2-13,22H,14H2,1H3,(H,25,28)(H,26,29)/t22-/m0/s1. The summed E-state index contributed by atoms with van der Waals surface area (Å²) in [6, 6.07) is 19.0. The molecule has 2 N–H and O–H groups in total. The van der Waals surface area contributed by atoms with Crippen LogP contribution in [0.25, 0.3) is 0 Å². The summed E-state index contributed by atoms with van der Waals surface area (Å²) >= 11 is 5.90. The van der Waals surface area contributed by atoms with Crippen LogP contribution in [0.5, 0.6) is 5.75 Å². The van der Waals surface area contributed by atoms with Crippen LogP contribution in [0, 0.1) is 0 Å². The molecule has 1 aliphatic heterocycles. The van der Waals surface area contributed by atoms with E-state index in [1.807, 2.05) is 0 Å². The van der Waals surface area contributed by atoms with Crippen molar-refractivity contribution < 1.29 is 22.7 Å². The number of sulfonamides is 1. The number of nitrogens with zero attached hydrogens (tertiary/aromatic N) is 1. The van der Waals surface area contributed by atoms with Crippen molar-refractivity contribution >= 4 is 50.5 Å². The highest BCUT2D eigenvalue weighted by atomic mass is 35.5. The zero-order valence-corrected chi connectivity index (χ0v) is 19.1. The van der Waals surface area contributed by atoms with E-state index in [9.17, 15) is 18.0 Å². The lowest BCUT2D eigenvalue weighted by Crippen LogP contribution is -2.48. The van der Waals surface area contributed by atoms with Gasteiger partial charge in [0, 0.05) is 23.3 Å². The zero-order chi connectivity index (χ0) is 23.6. The minimum atomic E-state index is -3.98. The molecule has 1 aliphatic rings. The molecule has 8 nitrogen and oxygen atoms in total. The number of nitrogens with one attached hydrogen (secondary N) is 2. The van der Waals surface area contributed by atoms with Crippen LogP contribution < -0.4 is 19.7 Å². The van der Waals surface area contributed by atoms with Crippen LogP contribution in [0.1, 0.15) is 6.92 Å². The molecule has 4 rings (SSSR count). The first-order valence-electron chi connectivity index (χ1n) is 9.96. The number of hydrogen-bond donors (Lipinski definition) is 2. The van der Waals surface area contributed by atoms with Crippen LogP contribution in [-0.4, -0.2) is 32.9 Å². The molecule has 2 amide bonds. The number of para-hydroxylation sites is 2. The molecule has 10 heteroatoms. The highest BCUT2D eigenvalue weighted by molar-refractivity contribution is 7.92. The highest BCUT2D eigenvalue weighted by Crippen LogP contribution is 2.37. The predicted octanol–water partition coefficient (Wildman–Crippen LogP) is 3.89. The Morgan fingerprint density at radius 1 is 0.970 bits per heavy atom. The second kappa shape index (κ2) is 9.13. The number of ether oxygens (including phenoxy) is 1. The van der Waals surface area contributed by atoms with E-state index in [0.717, 1.165) is 4.31 Å². The van der Waals surface area contributed by atoms with Gasteiger partial charge >= 0.3 is 0 Å². The molecule has 1 heterocycles. The Balaban J connectivity index is 1.62. The fraction of sp³-hybridized carbons (Fsp3) is 0.130. The van der Waals surface area contributed by atoms with Crippen molar-refractivity contribution in [3.63, 3.8) is 0 Å². The van der Waals surface area contributed by atoms with Gasteiger partial charge in [-0.05, 0) is 54.6 Å². The largest absolute Gasteiger partial charge is 0.476 e. The van der Waals surface area contributed by atoms with Crippen LogP contribution >= 0.6 is 11.6 Å². The molecule has 0 bridgehead atoms. The molecule has 0 saturated carbocycles. The number of anilines is 3. The molecule has 0 spiro atoms. The molecule has 0 saturated heterocycles. The number of halogens is 1. The highest BCUT2D eigenvalue weighted by Gasteiger charge is 2.37. The Labute approximate surface area is 196 Å². The van der Waals surface area contributed by atoms with Crippen molar-refractivity contribution in [2.24, 2.45) is 0 Å². The third-order valence-corrected chi connectivity index (χ3v) is 6.93. The number of hydrogen-bond acceptors (Lipinski definition) is 5. The summed E-state index contributed by atoms with van der Waals surface area (Å²) in [5.41, 5.74) is 1.28. The maximum atomic E-state index is 13.4. The van der Waals surface area contributed by atoms with Gasteiger partial charge in [-0.2, -0.15) is 0 Å². The van der Waals surface area contributed by atoms with E-state index in [-0.39, 0.29) is 23.1 Å². The maximum Gasteiger partial charge on any atom is 0.267 e. The Kier molecular flexibility index (Phi) is 6.26. The lowest BCUT2D eigenvalue weighted by Gasteiger charge is -2.34. The van der Waals surface area contributed by atoms with Crippen molar-refractivity contribution in [1.29, 1.82) is 0 Å². The Hall–Kier alpha value is -3.56. The van der Waals surface area contributed by atoms with Crippen LogP contribution in [0.2, 0.25) is 5.02 Å². The third kappa shape index (κ3) is 4.94. The number of carbonyl (C=O) groups excluding carboxylic acids is 2. The summed E-state index contributed by atoms with van der Waals surface area (Å²) in [6.07, 6.45) is -1.11. The first-order valence-corrected chi connectivity index (χ1v) is 11.8. The van der Waals surface area contributed by atoms with Gasteiger partial charge in [-0.15, -0.1) is 0 Å². The number of amides is 2. The van der Waals surface area contributed by atoms with Crippen molar-refractivity contribution in [2.45, 2.75) is 17.9 Å². The molecular weight excluding hydrogens is 466 g/mol. The van der Waals surface area contributed by atoms with E-state index in [2.05, 4.69) is 10.6 Å². The molecule has 0 fully saturated rings. The van der Waals surface area contributed by atoms with Crippen molar-refractivity contribution in [1.82, 2.24) is 0 Å². The van der Waals surface area contributed by atoms with E-state index < -0.39 is 22.0 Å². The smallest absolute Gasteiger partial charge is 0.267 e. The van der Waals surface area contributed by atoms with Gasteiger partial charge < -0.3 is 15.4 Å². The summed E-state index contributed by atoms with van der Waals surface area (Å²) in [7, 11) is -3.98. The number of carbonyl (C=O) groups is 2. The molecule has 0 aromatic heterocycles. The first kappa shape index (κ1) is 22.6. The van der Waals surface area contributed by atoms with E-state index in [1.54, 1.807) is 48.5 Å². The Morgan fingerprint density at radius 3 is 2.33 bits per heavy atom. The van der Waals surface area contributed by atoms with E-state index in [0.29, 0.717) is 22.1 Å². The number of rotatable bonds is 5. The maximum absolute atomic E-state index is 13.4. The first-order chi connectivity index (χ1) is 15.7. The molecule has 0 aliphatic carbocycles. The fourth-order valence-corrected chi connectivity index (χ4v) is 5.00. The molecule has 0 radical (unpaired) electrons. The molecule has 3 aromatic carbocycles. The summed E-state index contributed by atoms with van der Waals surface area (Å²) in [6.45, 7) is 1.16. The normalized spacial score (nSPS) is 15.2. The molecule has 33 heavy (non-hydrogen) atoms. The van der Waals surface area contributed by atoms with Crippen molar-refractivity contribution in [3.05, 3.63) is 77.8 Å². The van der Waals surface area contributed by atoms with E-state index in [1.165, 1.54) is 31.2 Å². The molecule has 0 unspecified atom stereocenters. The van der Waals surface area contributed by atoms with Crippen LogP contribution in [-0.2, 0) is 19.6 Å². The Morgan fingerprint density at radius 2 is 1.64 bits per heavy atom. The van der Waals surface area contributed by atoms with Gasteiger partial charge in [0.2, 0.25) is 5.91 Å². The lowest BCUT2D eigenvalue weighted by molar-refractivity contribution is -0.122. The average Bonchev–Trinajstić information content (AvgIpc) is 2.78. The zero-order valence-electron chi connectivity index (χ0n) is 17.5. The molecule has 1 atom stereocenters. The third-order valence-electron chi connectivity index (χ3n) is 4.88. The van der Waals surface area contributed by atoms with Gasteiger partial charge in [-0.25, -0.2) is 8.42 Å². The van der Waals surface area contributed by atoms with Gasteiger partial charge in [0.1, 0.15) is 5.75 Å². The van der Waals surface area contributed by atoms with Crippen LogP contribution in [0.15, 0.2) is 77.7 Å². The minimum absolute atomic E-state index is 0.0470. The topological polar surface area (TPSA) is 105 Å².